The maximum absolute atomic E-state index is 12.0. The standard InChI is InChI=1S/C16H27N3O4S2/c1-3-5-15-17-13(12-24-15)10-18(11-16(20)21)14-6-8-19(9-7-14)25(22,23)4-2/h12,14H,3-11H2,1-2H3,(H,20,21). The van der Waals surface area contributed by atoms with Gasteiger partial charge in [0.1, 0.15) is 0 Å². The van der Waals surface area contributed by atoms with E-state index in [4.69, 9.17) is 0 Å². The van der Waals surface area contributed by atoms with Crippen molar-refractivity contribution in [2.24, 2.45) is 0 Å². The third-order valence-electron chi connectivity index (χ3n) is 4.46. The highest BCUT2D eigenvalue weighted by Crippen LogP contribution is 2.22. The zero-order valence-electron chi connectivity index (χ0n) is 14.8. The summed E-state index contributed by atoms with van der Waals surface area (Å²) >= 11 is 1.62. The van der Waals surface area contributed by atoms with Crippen molar-refractivity contribution in [1.29, 1.82) is 0 Å². The minimum absolute atomic E-state index is 0.0498. The first-order valence-electron chi connectivity index (χ1n) is 8.72. The van der Waals surface area contributed by atoms with Crippen LogP contribution in [-0.2, 0) is 27.8 Å². The average Bonchev–Trinajstić information content (AvgIpc) is 3.01. The van der Waals surface area contributed by atoms with Gasteiger partial charge in [0.25, 0.3) is 0 Å². The molecule has 2 heterocycles. The third kappa shape index (κ3) is 5.73. The number of thiazole rings is 1. The molecule has 1 N–H and O–H groups in total. The van der Waals surface area contributed by atoms with E-state index in [0.717, 1.165) is 23.5 Å². The maximum Gasteiger partial charge on any atom is 0.317 e. The van der Waals surface area contributed by atoms with Crippen molar-refractivity contribution in [1.82, 2.24) is 14.2 Å². The highest BCUT2D eigenvalue weighted by molar-refractivity contribution is 7.89. The van der Waals surface area contributed by atoms with Crippen molar-refractivity contribution in [3.8, 4) is 0 Å². The first-order chi connectivity index (χ1) is 11.9. The largest absolute Gasteiger partial charge is 0.480 e. The van der Waals surface area contributed by atoms with Gasteiger partial charge < -0.3 is 5.11 Å². The summed E-state index contributed by atoms with van der Waals surface area (Å²) < 4.78 is 25.5. The van der Waals surface area contributed by atoms with Crippen LogP contribution >= 0.6 is 11.3 Å². The van der Waals surface area contributed by atoms with Gasteiger partial charge in [-0.15, -0.1) is 11.3 Å². The number of hydrogen-bond acceptors (Lipinski definition) is 6. The van der Waals surface area contributed by atoms with Gasteiger partial charge in [0.2, 0.25) is 10.0 Å². The highest BCUT2D eigenvalue weighted by Gasteiger charge is 2.30. The monoisotopic (exact) mass is 389 g/mol. The summed E-state index contributed by atoms with van der Waals surface area (Å²) in [6, 6.07) is 0.0655. The predicted octanol–water partition coefficient (Wildman–Crippen LogP) is 1.80. The number of carboxylic acid groups (broad SMARTS) is 1. The second kappa shape index (κ2) is 9.07. The van der Waals surface area contributed by atoms with Crippen LogP contribution in [0, 0.1) is 0 Å². The molecule has 0 aromatic carbocycles. The lowest BCUT2D eigenvalue weighted by Crippen LogP contribution is -2.48. The van der Waals surface area contributed by atoms with E-state index in [9.17, 15) is 18.3 Å². The molecule has 0 unspecified atom stereocenters. The number of sulfonamides is 1. The van der Waals surface area contributed by atoms with Gasteiger partial charge in [-0.25, -0.2) is 17.7 Å². The fraction of sp³-hybridized carbons (Fsp3) is 0.750. The Kier molecular flexibility index (Phi) is 7.36. The first kappa shape index (κ1) is 20.3. The molecular weight excluding hydrogens is 362 g/mol. The number of nitrogens with zero attached hydrogens (tertiary/aromatic N) is 3. The highest BCUT2D eigenvalue weighted by atomic mass is 32.2. The molecule has 1 aromatic rings. The van der Waals surface area contributed by atoms with E-state index < -0.39 is 16.0 Å². The van der Waals surface area contributed by atoms with Crippen LogP contribution in [0.25, 0.3) is 0 Å². The minimum Gasteiger partial charge on any atom is -0.480 e. The molecule has 0 bridgehead atoms. The van der Waals surface area contributed by atoms with Crippen LogP contribution in [-0.4, -0.2) is 65.1 Å². The second-order valence-electron chi connectivity index (χ2n) is 6.31. The number of piperidine rings is 1. The number of aryl methyl sites for hydroxylation is 1. The van der Waals surface area contributed by atoms with Crippen molar-refractivity contribution >= 4 is 27.3 Å². The van der Waals surface area contributed by atoms with Crippen LogP contribution in [0.4, 0.5) is 0 Å². The molecule has 1 aliphatic heterocycles. The van der Waals surface area contributed by atoms with Crippen LogP contribution in [0.3, 0.4) is 0 Å². The van der Waals surface area contributed by atoms with Crippen molar-refractivity contribution in [3.63, 3.8) is 0 Å². The van der Waals surface area contributed by atoms with Crippen molar-refractivity contribution in [3.05, 3.63) is 16.1 Å². The molecule has 9 heteroatoms. The number of aromatic nitrogens is 1. The van der Waals surface area contributed by atoms with Crippen LogP contribution in [0.2, 0.25) is 0 Å². The molecule has 1 aromatic heterocycles. The van der Waals surface area contributed by atoms with Gasteiger partial charge in [-0.05, 0) is 32.6 Å². The molecule has 2 rings (SSSR count). The Morgan fingerprint density at radius 1 is 1.40 bits per heavy atom. The lowest BCUT2D eigenvalue weighted by molar-refractivity contribution is -0.139. The van der Waals surface area contributed by atoms with E-state index in [2.05, 4.69) is 11.9 Å². The molecule has 0 saturated carbocycles. The number of carboxylic acids is 1. The molecule has 0 radical (unpaired) electrons. The molecule has 1 aliphatic rings. The fourth-order valence-electron chi connectivity index (χ4n) is 3.11. The van der Waals surface area contributed by atoms with E-state index in [1.165, 1.54) is 4.31 Å². The van der Waals surface area contributed by atoms with Gasteiger partial charge in [0, 0.05) is 31.1 Å². The molecule has 7 nitrogen and oxygen atoms in total. The van der Waals surface area contributed by atoms with Crippen LogP contribution in [0.15, 0.2) is 5.38 Å². The second-order valence-corrected chi connectivity index (χ2v) is 9.51. The lowest BCUT2D eigenvalue weighted by atomic mass is 10.0. The van der Waals surface area contributed by atoms with E-state index in [-0.39, 0.29) is 18.3 Å². The first-order valence-corrected chi connectivity index (χ1v) is 11.2. The summed E-state index contributed by atoms with van der Waals surface area (Å²) in [5.74, 6) is -0.761. The molecule has 0 atom stereocenters. The van der Waals surface area contributed by atoms with E-state index in [1.54, 1.807) is 18.3 Å². The minimum atomic E-state index is -3.17. The van der Waals surface area contributed by atoms with Gasteiger partial charge in [0.15, 0.2) is 0 Å². The van der Waals surface area contributed by atoms with Gasteiger partial charge in [-0.1, -0.05) is 6.92 Å². The number of rotatable bonds is 9. The maximum atomic E-state index is 12.0. The summed E-state index contributed by atoms with van der Waals surface area (Å²) in [6.45, 7) is 5.11. The van der Waals surface area contributed by atoms with Crippen LogP contribution in [0.5, 0.6) is 0 Å². The topological polar surface area (TPSA) is 90.8 Å². The molecule has 0 aliphatic carbocycles. The molecule has 1 saturated heterocycles. The Bertz CT molecular complexity index is 667. The summed E-state index contributed by atoms with van der Waals surface area (Å²) in [4.78, 5) is 17.8. The Hall–Kier alpha value is -1.03. The van der Waals surface area contributed by atoms with Crippen molar-refractivity contribution < 1.29 is 18.3 Å². The number of carbonyl (C=O) groups is 1. The Morgan fingerprint density at radius 3 is 2.64 bits per heavy atom. The molecular formula is C16H27N3O4S2. The summed E-state index contributed by atoms with van der Waals surface area (Å²) in [5.41, 5.74) is 0.901. The summed E-state index contributed by atoms with van der Waals surface area (Å²) in [7, 11) is -3.17. The fourth-order valence-corrected chi connectivity index (χ4v) is 5.14. The molecule has 1 fully saturated rings. The average molecular weight is 390 g/mol. The van der Waals surface area contributed by atoms with Gasteiger partial charge in [-0.3, -0.25) is 9.69 Å². The Balaban J connectivity index is 2.01. The zero-order chi connectivity index (χ0) is 18.4. The molecule has 142 valence electrons. The number of aliphatic carboxylic acids is 1. The van der Waals surface area contributed by atoms with E-state index >= 15 is 0 Å². The van der Waals surface area contributed by atoms with Crippen molar-refractivity contribution in [2.75, 3.05) is 25.4 Å². The number of hydrogen-bond donors (Lipinski definition) is 1. The van der Waals surface area contributed by atoms with Gasteiger partial charge in [-0.2, -0.15) is 0 Å². The smallest absolute Gasteiger partial charge is 0.317 e. The SMILES string of the molecule is CCCc1nc(CN(CC(=O)O)C2CCN(S(=O)(=O)CC)CC2)cs1. The van der Waals surface area contributed by atoms with E-state index in [0.29, 0.717) is 32.5 Å². The van der Waals surface area contributed by atoms with Gasteiger partial charge in [0.05, 0.1) is 23.0 Å². The predicted molar refractivity (Wildman–Crippen MR) is 98.2 cm³/mol. The Labute approximate surface area is 153 Å². The zero-order valence-corrected chi connectivity index (χ0v) is 16.5. The normalized spacial score (nSPS) is 17.2. The lowest BCUT2D eigenvalue weighted by Gasteiger charge is -2.37. The Morgan fingerprint density at radius 2 is 2.08 bits per heavy atom. The third-order valence-corrected chi connectivity index (χ3v) is 7.30. The van der Waals surface area contributed by atoms with Crippen LogP contribution in [0.1, 0.15) is 43.8 Å². The summed E-state index contributed by atoms with van der Waals surface area (Å²) in [5, 5.41) is 12.3. The quantitative estimate of drug-likeness (QED) is 0.692. The van der Waals surface area contributed by atoms with Crippen LogP contribution < -0.4 is 0 Å². The molecule has 0 spiro atoms. The molecule has 25 heavy (non-hydrogen) atoms. The van der Waals surface area contributed by atoms with E-state index in [1.807, 2.05) is 10.3 Å². The summed E-state index contributed by atoms with van der Waals surface area (Å²) in [6.07, 6.45) is 3.28. The molecule has 0 amide bonds. The van der Waals surface area contributed by atoms with Crippen molar-refractivity contribution in [2.45, 2.75) is 52.1 Å². The van der Waals surface area contributed by atoms with Gasteiger partial charge >= 0.3 is 5.97 Å².